The summed E-state index contributed by atoms with van der Waals surface area (Å²) >= 11 is 0. The van der Waals surface area contributed by atoms with Crippen LogP contribution in [-0.4, -0.2) is 73.2 Å². The van der Waals surface area contributed by atoms with E-state index in [4.69, 9.17) is 19.6 Å². The molecule has 10 nitrogen and oxygen atoms in total. The lowest BCUT2D eigenvalue weighted by molar-refractivity contribution is -0.192. The maximum absolute atomic E-state index is 12.1. The second-order valence-electron chi connectivity index (χ2n) is 7.54. The number of rotatable bonds is 4. The maximum Gasteiger partial charge on any atom is 0.490 e. The summed E-state index contributed by atoms with van der Waals surface area (Å²) in [6.07, 6.45) is 2.46. The van der Waals surface area contributed by atoms with Gasteiger partial charge in [-0.05, 0) is 12.8 Å². The summed E-state index contributed by atoms with van der Waals surface area (Å²) in [6.45, 7) is 5.04. The normalized spacial score (nSPS) is 17.2. The Balaban J connectivity index is 0.000000360. The summed E-state index contributed by atoms with van der Waals surface area (Å²) in [5, 5.41) is 14.1. The Bertz CT molecular complexity index is 936. The Labute approximate surface area is 182 Å². The Morgan fingerprint density at radius 2 is 1.94 bits per heavy atom. The number of carboxylic acids is 1. The molecule has 2 aliphatic rings. The summed E-state index contributed by atoms with van der Waals surface area (Å²) in [4.78, 5) is 28.2. The van der Waals surface area contributed by atoms with E-state index in [1.807, 2.05) is 0 Å². The smallest absolute Gasteiger partial charge is 0.475 e. The van der Waals surface area contributed by atoms with Gasteiger partial charge in [0.2, 0.25) is 0 Å². The number of imidazole rings is 1. The average Bonchev–Trinajstić information content (AvgIpc) is 3.37. The molecule has 0 spiro atoms. The molecule has 2 aromatic rings. The summed E-state index contributed by atoms with van der Waals surface area (Å²) < 4.78 is 41.0. The van der Waals surface area contributed by atoms with Crippen molar-refractivity contribution in [3.8, 4) is 0 Å². The molecule has 0 bridgehead atoms. The number of alkyl halides is 3. The highest BCUT2D eigenvalue weighted by Gasteiger charge is 2.38. The Hall–Kier alpha value is -2.93. The number of aryl methyl sites for hydroxylation is 1. The molecule has 0 atom stereocenters. The van der Waals surface area contributed by atoms with Crippen molar-refractivity contribution in [1.29, 1.82) is 0 Å². The fraction of sp³-hybridized carbons (Fsp3) is 0.579. The molecule has 1 amide bonds. The van der Waals surface area contributed by atoms with Crippen LogP contribution in [0.3, 0.4) is 0 Å². The molecular weight excluding hydrogens is 433 g/mol. The molecule has 2 aromatic heterocycles. The van der Waals surface area contributed by atoms with Crippen LogP contribution in [0.1, 0.15) is 34.7 Å². The number of aliphatic carboxylic acids is 1. The number of carbonyl (C=O) groups excluding carboxylic acids is 1. The van der Waals surface area contributed by atoms with Crippen LogP contribution in [0.4, 0.5) is 13.2 Å². The number of halogens is 3. The van der Waals surface area contributed by atoms with Crippen molar-refractivity contribution in [1.82, 2.24) is 29.5 Å². The third kappa shape index (κ3) is 6.29. The molecule has 13 heteroatoms. The van der Waals surface area contributed by atoms with Crippen LogP contribution in [0.2, 0.25) is 0 Å². The third-order valence-electron chi connectivity index (χ3n) is 5.23. The minimum absolute atomic E-state index is 0.122. The lowest BCUT2D eigenvalue weighted by Crippen LogP contribution is -2.43. The average molecular weight is 458 g/mol. The molecule has 0 radical (unpaired) electrons. The molecule has 1 fully saturated rings. The maximum atomic E-state index is 12.1. The number of carboxylic acid groups (broad SMARTS) is 1. The number of fused-ring (bicyclic) bond motifs is 1. The van der Waals surface area contributed by atoms with Crippen LogP contribution < -0.4 is 5.32 Å². The fourth-order valence-electron chi connectivity index (χ4n) is 3.59. The van der Waals surface area contributed by atoms with E-state index in [-0.39, 0.29) is 5.91 Å². The molecule has 4 heterocycles. The van der Waals surface area contributed by atoms with E-state index in [9.17, 15) is 18.0 Å². The Morgan fingerprint density at radius 1 is 1.25 bits per heavy atom. The van der Waals surface area contributed by atoms with Crippen molar-refractivity contribution in [3.05, 3.63) is 35.7 Å². The number of hydrogen-bond donors (Lipinski definition) is 2. The molecule has 2 N–H and O–H groups in total. The van der Waals surface area contributed by atoms with Gasteiger partial charge in [0.1, 0.15) is 5.82 Å². The van der Waals surface area contributed by atoms with Gasteiger partial charge in [-0.2, -0.15) is 18.3 Å². The quantitative estimate of drug-likeness (QED) is 0.707. The monoisotopic (exact) mass is 458 g/mol. The van der Waals surface area contributed by atoms with Crippen molar-refractivity contribution in [3.63, 3.8) is 0 Å². The first kappa shape index (κ1) is 23.7. The van der Waals surface area contributed by atoms with Gasteiger partial charge in [-0.25, -0.2) is 9.78 Å². The van der Waals surface area contributed by atoms with Crippen LogP contribution in [0.5, 0.6) is 0 Å². The predicted octanol–water partition coefficient (Wildman–Crippen LogP) is 1.17. The van der Waals surface area contributed by atoms with E-state index >= 15 is 0 Å². The van der Waals surface area contributed by atoms with Gasteiger partial charge in [0.05, 0.1) is 30.5 Å². The topological polar surface area (TPSA) is 115 Å². The zero-order chi connectivity index (χ0) is 23.3. The zero-order valence-electron chi connectivity index (χ0n) is 17.5. The van der Waals surface area contributed by atoms with E-state index in [0.29, 0.717) is 18.2 Å². The molecule has 0 unspecified atom stereocenters. The largest absolute Gasteiger partial charge is 0.490 e. The molecule has 1 saturated heterocycles. The third-order valence-corrected chi connectivity index (χ3v) is 5.23. The number of carbonyl (C=O) groups is 2. The van der Waals surface area contributed by atoms with Gasteiger partial charge in [0, 0.05) is 51.8 Å². The summed E-state index contributed by atoms with van der Waals surface area (Å²) in [5.74, 6) is -1.79. The van der Waals surface area contributed by atoms with Crippen LogP contribution >= 0.6 is 0 Å². The van der Waals surface area contributed by atoms with Gasteiger partial charge in [-0.1, -0.05) is 0 Å². The number of ether oxygens (including phenoxy) is 1. The van der Waals surface area contributed by atoms with Gasteiger partial charge in [-0.15, -0.1) is 0 Å². The van der Waals surface area contributed by atoms with E-state index in [1.165, 1.54) is 0 Å². The van der Waals surface area contributed by atoms with Crippen molar-refractivity contribution in [2.45, 2.75) is 44.7 Å². The van der Waals surface area contributed by atoms with Gasteiger partial charge in [0.25, 0.3) is 5.91 Å². The standard InChI is InChI=1S/C17H24N6O2.C2HF3O2/c1-21-10-13(8-19-21)17(24)18-9-14-11-23-5-4-22(12-16(23)20-14)15-2-6-25-7-3-15;3-2(4,5)1(6)7/h8,10-11,15H,2-7,9,12H2,1H3,(H,18,24);(H,6,7). The number of nitrogens with one attached hydrogen (secondary N) is 1. The Kier molecular flexibility index (Phi) is 7.51. The van der Waals surface area contributed by atoms with E-state index in [0.717, 1.165) is 57.2 Å². The van der Waals surface area contributed by atoms with Crippen LogP contribution in [0.15, 0.2) is 18.6 Å². The SMILES string of the molecule is Cn1cc(C(=O)NCc2cn3c(n2)CN(C2CCOCC2)CC3)cn1.O=C(O)C(F)(F)F. The van der Waals surface area contributed by atoms with Gasteiger partial charge < -0.3 is 19.7 Å². The van der Waals surface area contributed by atoms with Crippen molar-refractivity contribution in [2.75, 3.05) is 19.8 Å². The van der Waals surface area contributed by atoms with Crippen LogP contribution in [-0.2, 0) is 36.2 Å². The van der Waals surface area contributed by atoms with Crippen LogP contribution in [0.25, 0.3) is 0 Å². The lowest BCUT2D eigenvalue weighted by atomic mass is 10.1. The van der Waals surface area contributed by atoms with Gasteiger partial charge in [0.15, 0.2) is 0 Å². The number of amides is 1. The van der Waals surface area contributed by atoms with Gasteiger partial charge in [-0.3, -0.25) is 14.4 Å². The number of aromatic nitrogens is 4. The minimum atomic E-state index is -5.08. The fourth-order valence-corrected chi connectivity index (χ4v) is 3.59. The first-order chi connectivity index (χ1) is 15.1. The second kappa shape index (κ2) is 10.1. The molecule has 4 rings (SSSR count). The summed E-state index contributed by atoms with van der Waals surface area (Å²) in [6, 6.07) is 0.605. The summed E-state index contributed by atoms with van der Waals surface area (Å²) in [7, 11) is 1.80. The highest BCUT2D eigenvalue weighted by Crippen LogP contribution is 2.21. The summed E-state index contributed by atoms with van der Waals surface area (Å²) in [5.41, 5.74) is 1.47. The van der Waals surface area contributed by atoms with Crippen molar-refractivity contribution < 1.29 is 32.6 Å². The highest BCUT2D eigenvalue weighted by atomic mass is 19.4. The van der Waals surface area contributed by atoms with Crippen LogP contribution in [0, 0.1) is 0 Å². The first-order valence-corrected chi connectivity index (χ1v) is 10.1. The molecule has 0 aromatic carbocycles. The molecule has 2 aliphatic heterocycles. The van der Waals surface area contributed by atoms with Crippen molar-refractivity contribution in [2.24, 2.45) is 7.05 Å². The van der Waals surface area contributed by atoms with E-state index in [1.54, 1.807) is 24.1 Å². The zero-order valence-corrected chi connectivity index (χ0v) is 17.5. The minimum Gasteiger partial charge on any atom is -0.475 e. The number of nitrogens with zero attached hydrogens (tertiary/aromatic N) is 5. The van der Waals surface area contributed by atoms with E-state index in [2.05, 4.69) is 26.1 Å². The molecule has 32 heavy (non-hydrogen) atoms. The number of hydrogen-bond acceptors (Lipinski definition) is 6. The highest BCUT2D eigenvalue weighted by molar-refractivity contribution is 5.93. The van der Waals surface area contributed by atoms with Gasteiger partial charge >= 0.3 is 12.1 Å². The Morgan fingerprint density at radius 3 is 2.53 bits per heavy atom. The molecule has 176 valence electrons. The molecule has 0 aliphatic carbocycles. The van der Waals surface area contributed by atoms with Crippen molar-refractivity contribution >= 4 is 11.9 Å². The molecular formula is C19H25F3N6O4. The molecule has 0 saturated carbocycles. The first-order valence-electron chi connectivity index (χ1n) is 10.1. The second-order valence-corrected chi connectivity index (χ2v) is 7.54. The predicted molar refractivity (Wildman–Crippen MR) is 105 cm³/mol. The lowest BCUT2D eigenvalue weighted by Gasteiger charge is -2.36. The van der Waals surface area contributed by atoms with E-state index < -0.39 is 12.1 Å².